The third kappa shape index (κ3) is 6.61. The molecule has 6 heterocycles. The monoisotopic (exact) mass is 558 g/mol. The highest BCUT2D eigenvalue weighted by molar-refractivity contribution is 5.04. The summed E-state index contributed by atoms with van der Waals surface area (Å²) in [4.78, 5) is 8.92. The third-order valence-corrected chi connectivity index (χ3v) is 12.7. The molecule has 0 saturated carbocycles. The molecular formula is C33H63N7. The molecule has 230 valence electrons. The molecule has 5 N–H and O–H groups in total. The van der Waals surface area contributed by atoms with Gasteiger partial charge in [-0.05, 0) is 172 Å². The first kappa shape index (κ1) is 29.8. The van der Waals surface area contributed by atoms with Crippen molar-refractivity contribution in [1.29, 1.82) is 0 Å². The molecule has 6 aliphatic rings. The van der Waals surface area contributed by atoms with Crippen molar-refractivity contribution < 1.29 is 0 Å². The Bertz CT molecular complexity index is 652. The van der Waals surface area contributed by atoms with Gasteiger partial charge in [-0.3, -0.25) is 14.7 Å². The van der Waals surface area contributed by atoms with Crippen LogP contribution in [-0.4, -0.2) is 118 Å². The van der Waals surface area contributed by atoms with E-state index in [-0.39, 0.29) is 0 Å². The molecule has 0 radical (unpaired) electrons. The minimum Gasteiger partial charge on any atom is -0.330 e. The van der Waals surface area contributed by atoms with Crippen LogP contribution in [0.2, 0.25) is 0 Å². The van der Waals surface area contributed by atoms with Crippen molar-refractivity contribution in [3.8, 4) is 0 Å². The molecule has 6 fully saturated rings. The zero-order valence-corrected chi connectivity index (χ0v) is 25.8. The van der Waals surface area contributed by atoms with Crippen molar-refractivity contribution in [3.05, 3.63) is 0 Å². The van der Waals surface area contributed by atoms with Gasteiger partial charge >= 0.3 is 0 Å². The SMILES string of the molecule is NCCC(C1CCCN(C2CCNCC2)C1)(C1CCCN(C2CCNCC2)C1)C1CCCN(C2CCNCC2)C1. The number of hydrogen-bond donors (Lipinski definition) is 4. The fraction of sp³-hybridized carbons (Fsp3) is 1.00. The molecule has 0 bridgehead atoms. The maximum absolute atomic E-state index is 6.70. The molecule has 0 aromatic rings. The first-order chi connectivity index (χ1) is 19.8. The van der Waals surface area contributed by atoms with Crippen molar-refractivity contribution in [3.63, 3.8) is 0 Å². The van der Waals surface area contributed by atoms with E-state index in [0.717, 1.165) is 42.4 Å². The van der Waals surface area contributed by atoms with Crippen molar-refractivity contribution in [2.45, 2.75) is 102 Å². The van der Waals surface area contributed by atoms with Gasteiger partial charge in [0.15, 0.2) is 0 Å². The largest absolute Gasteiger partial charge is 0.330 e. The highest BCUT2D eigenvalue weighted by atomic mass is 15.2. The Morgan fingerprint density at radius 1 is 0.500 bits per heavy atom. The van der Waals surface area contributed by atoms with E-state index in [2.05, 4.69) is 30.7 Å². The minimum atomic E-state index is 0.400. The second-order valence-corrected chi connectivity index (χ2v) is 14.6. The van der Waals surface area contributed by atoms with Gasteiger partial charge in [0.25, 0.3) is 0 Å². The highest BCUT2D eigenvalue weighted by Gasteiger charge is 2.53. The fourth-order valence-electron chi connectivity index (χ4n) is 10.7. The predicted octanol–water partition coefficient (Wildman–Crippen LogP) is 2.71. The Morgan fingerprint density at radius 3 is 1.12 bits per heavy atom. The van der Waals surface area contributed by atoms with E-state index < -0.39 is 0 Å². The zero-order chi connectivity index (χ0) is 27.2. The van der Waals surface area contributed by atoms with Crippen LogP contribution < -0.4 is 21.7 Å². The quantitative estimate of drug-likeness (QED) is 0.366. The minimum absolute atomic E-state index is 0.400. The normalized spacial score (nSPS) is 35.5. The fourth-order valence-corrected chi connectivity index (χ4v) is 10.7. The summed E-state index contributed by atoms with van der Waals surface area (Å²) in [6, 6.07) is 2.40. The average Bonchev–Trinajstić information content (AvgIpc) is 3.05. The summed E-state index contributed by atoms with van der Waals surface area (Å²) in [6.45, 7) is 16.2. The van der Waals surface area contributed by atoms with Crippen molar-refractivity contribution >= 4 is 0 Å². The van der Waals surface area contributed by atoms with Crippen LogP contribution in [0.3, 0.4) is 0 Å². The second-order valence-electron chi connectivity index (χ2n) is 14.6. The number of hydrogen-bond acceptors (Lipinski definition) is 7. The summed E-state index contributed by atoms with van der Waals surface area (Å²) in [5.74, 6) is 2.45. The molecule has 0 aromatic carbocycles. The number of likely N-dealkylation sites (tertiary alicyclic amines) is 3. The molecule has 0 aliphatic carbocycles. The molecule has 0 aromatic heterocycles. The van der Waals surface area contributed by atoms with Crippen LogP contribution in [0.15, 0.2) is 0 Å². The van der Waals surface area contributed by atoms with E-state index in [9.17, 15) is 0 Å². The standard InChI is InChI=1S/C33H63N7/c34-14-13-33(27-4-1-21-38(24-27)30-7-15-35-16-8-30,28-5-2-22-39(25-28)31-9-17-36-18-10-31)29-6-3-23-40(26-29)32-11-19-37-20-12-32/h27-32,35-37H,1-26,34H2. The smallest absolute Gasteiger partial charge is 0.0119 e. The molecule has 0 amide bonds. The Hall–Kier alpha value is -0.280. The lowest BCUT2D eigenvalue weighted by molar-refractivity contribution is -0.0998. The Labute approximate surface area is 246 Å². The predicted molar refractivity (Wildman–Crippen MR) is 167 cm³/mol. The summed E-state index contributed by atoms with van der Waals surface area (Å²) < 4.78 is 0. The van der Waals surface area contributed by atoms with Crippen molar-refractivity contribution in [2.75, 3.05) is 85.1 Å². The third-order valence-electron chi connectivity index (χ3n) is 12.7. The van der Waals surface area contributed by atoms with E-state index in [1.54, 1.807) is 0 Å². The average molecular weight is 558 g/mol. The van der Waals surface area contributed by atoms with Crippen LogP contribution >= 0.6 is 0 Å². The van der Waals surface area contributed by atoms with Gasteiger partial charge in [0, 0.05) is 37.8 Å². The summed E-state index contributed by atoms with van der Waals surface area (Å²) in [7, 11) is 0. The molecule has 3 atom stereocenters. The zero-order valence-electron chi connectivity index (χ0n) is 25.8. The van der Waals surface area contributed by atoms with Gasteiger partial charge in [-0.2, -0.15) is 0 Å². The lowest BCUT2D eigenvalue weighted by Crippen LogP contribution is -2.61. The van der Waals surface area contributed by atoms with Gasteiger partial charge in [-0.15, -0.1) is 0 Å². The maximum atomic E-state index is 6.70. The molecule has 7 heteroatoms. The number of nitrogens with two attached hydrogens (primary N) is 1. The van der Waals surface area contributed by atoms with Crippen LogP contribution in [-0.2, 0) is 0 Å². The van der Waals surface area contributed by atoms with Gasteiger partial charge < -0.3 is 21.7 Å². The number of nitrogens with zero attached hydrogens (tertiary/aromatic N) is 3. The maximum Gasteiger partial charge on any atom is 0.0119 e. The molecule has 3 unspecified atom stereocenters. The number of nitrogens with one attached hydrogen (secondary N) is 3. The van der Waals surface area contributed by atoms with Crippen LogP contribution in [0, 0.1) is 23.2 Å². The number of piperidine rings is 6. The van der Waals surface area contributed by atoms with Crippen LogP contribution in [0.25, 0.3) is 0 Å². The summed E-state index contributed by atoms with van der Waals surface area (Å²) in [5, 5.41) is 10.9. The molecule has 6 saturated heterocycles. The van der Waals surface area contributed by atoms with E-state index in [4.69, 9.17) is 5.73 Å². The second kappa shape index (κ2) is 14.5. The van der Waals surface area contributed by atoms with Gasteiger partial charge in [0.05, 0.1) is 0 Å². The van der Waals surface area contributed by atoms with Gasteiger partial charge in [-0.25, -0.2) is 0 Å². The van der Waals surface area contributed by atoms with E-state index in [1.807, 2.05) is 0 Å². The first-order valence-electron chi connectivity index (χ1n) is 17.8. The van der Waals surface area contributed by atoms with Gasteiger partial charge in [0.1, 0.15) is 0 Å². The van der Waals surface area contributed by atoms with Crippen LogP contribution in [0.4, 0.5) is 0 Å². The van der Waals surface area contributed by atoms with Crippen LogP contribution in [0.1, 0.15) is 83.5 Å². The summed E-state index contributed by atoms with van der Waals surface area (Å²) in [5.41, 5.74) is 7.10. The van der Waals surface area contributed by atoms with Crippen molar-refractivity contribution in [1.82, 2.24) is 30.7 Å². The summed E-state index contributed by atoms with van der Waals surface area (Å²) >= 11 is 0. The molecule has 7 nitrogen and oxygen atoms in total. The molecule has 0 spiro atoms. The van der Waals surface area contributed by atoms with E-state index >= 15 is 0 Å². The Morgan fingerprint density at radius 2 is 0.825 bits per heavy atom. The van der Waals surface area contributed by atoms with Crippen molar-refractivity contribution in [2.24, 2.45) is 28.9 Å². The Balaban J connectivity index is 1.28. The molecular weight excluding hydrogens is 494 g/mol. The number of rotatable bonds is 8. The van der Waals surface area contributed by atoms with E-state index in [0.29, 0.717) is 5.41 Å². The van der Waals surface area contributed by atoms with Gasteiger partial charge in [0.2, 0.25) is 0 Å². The molecule has 6 rings (SSSR count). The lowest BCUT2D eigenvalue weighted by atomic mass is 9.53. The molecule has 6 aliphatic heterocycles. The molecule has 40 heavy (non-hydrogen) atoms. The van der Waals surface area contributed by atoms with Gasteiger partial charge in [-0.1, -0.05) is 0 Å². The lowest BCUT2D eigenvalue weighted by Gasteiger charge is -2.59. The Kier molecular flexibility index (Phi) is 10.8. The summed E-state index contributed by atoms with van der Waals surface area (Å²) in [6.07, 6.45) is 17.8. The topological polar surface area (TPSA) is 71.8 Å². The van der Waals surface area contributed by atoms with Crippen LogP contribution in [0.5, 0.6) is 0 Å². The highest BCUT2D eigenvalue weighted by Crippen LogP contribution is 2.54. The first-order valence-corrected chi connectivity index (χ1v) is 17.8. The van der Waals surface area contributed by atoms with E-state index in [1.165, 1.54) is 162 Å².